The van der Waals surface area contributed by atoms with E-state index in [9.17, 15) is 18.4 Å². The molecule has 2 amide bonds. The van der Waals surface area contributed by atoms with Crippen LogP contribution in [-0.4, -0.2) is 77.8 Å². The van der Waals surface area contributed by atoms with Gasteiger partial charge in [0.05, 0.1) is 5.56 Å². The summed E-state index contributed by atoms with van der Waals surface area (Å²) in [5.74, 6) is 0.114. The number of nitrogens with zero attached hydrogens (tertiary/aromatic N) is 2. The molecule has 0 aromatic carbocycles. The maximum atomic E-state index is 13.2. The summed E-state index contributed by atoms with van der Waals surface area (Å²) in [4.78, 5) is 33.4. The Morgan fingerprint density at radius 1 is 1.16 bits per heavy atom. The van der Waals surface area contributed by atoms with Crippen LogP contribution in [-0.2, 0) is 4.79 Å². The van der Waals surface area contributed by atoms with Gasteiger partial charge in [-0.05, 0) is 52.1 Å². The summed E-state index contributed by atoms with van der Waals surface area (Å²) in [6, 6.07) is 0. The quantitative estimate of drug-likeness (QED) is 0.151. The summed E-state index contributed by atoms with van der Waals surface area (Å²) in [7, 11) is 2.05. The van der Waals surface area contributed by atoms with Crippen LogP contribution < -0.4 is 5.32 Å². The minimum absolute atomic E-state index is 0.00564. The lowest BCUT2D eigenvalue weighted by Gasteiger charge is -2.32. The molecule has 2 rings (SSSR count). The predicted octanol–water partition coefficient (Wildman–Crippen LogP) is 5.36. The number of aromatic amines is 1. The van der Waals surface area contributed by atoms with Crippen LogP contribution in [0, 0.1) is 19.8 Å². The number of nitrogens with one attached hydrogen (secondary N) is 2. The highest BCUT2D eigenvalue weighted by Gasteiger charge is 2.25. The van der Waals surface area contributed by atoms with Gasteiger partial charge in [-0.3, -0.25) is 9.59 Å². The molecule has 38 heavy (non-hydrogen) atoms. The number of hydrogen-bond acceptors (Lipinski definition) is 4. The SMILES string of the molecule is C=CCC(/C=C/CSC/C=C/C(=C/c1[nH]c(C)c(C(=O)N2CCN(C)CC2)c1C)C(=O)N/C=C/C)C(F)F. The zero-order chi connectivity index (χ0) is 28.1. The van der Waals surface area contributed by atoms with Gasteiger partial charge in [0.1, 0.15) is 0 Å². The first kappa shape index (κ1) is 31.3. The van der Waals surface area contributed by atoms with Gasteiger partial charge in [0.25, 0.3) is 11.8 Å². The van der Waals surface area contributed by atoms with E-state index in [0.29, 0.717) is 41.4 Å². The number of carbonyl (C=O) groups excluding carboxylic acids is 2. The number of carbonyl (C=O) groups is 2. The molecule has 1 aliphatic rings. The van der Waals surface area contributed by atoms with Crippen molar-refractivity contribution < 1.29 is 18.4 Å². The number of alkyl halides is 2. The Labute approximate surface area is 229 Å². The lowest BCUT2D eigenvalue weighted by Crippen LogP contribution is -2.47. The molecular weight excluding hydrogens is 506 g/mol. The molecular formula is C29H40F2N4O2S. The molecule has 0 saturated carbocycles. The number of aryl methyl sites for hydroxylation is 1. The van der Waals surface area contributed by atoms with E-state index in [4.69, 9.17) is 0 Å². The molecule has 2 heterocycles. The van der Waals surface area contributed by atoms with Crippen molar-refractivity contribution in [1.29, 1.82) is 0 Å². The topological polar surface area (TPSA) is 68.4 Å². The predicted molar refractivity (Wildman–Crippen MR) is 155 cm³/mol. The largest absolute Gasteiger partial charge is 0.358 e. The minimum Gasteiger partial charge on any atom is -0.358 e. The van der Waals surface area contributed by atoms with Gasteiger partial charge in [-0.2, -0.15) is 11.8 Å². The average molecular weight is 547 g/mol. The highest BCUT2D eigenvalue weighted by Crippen LogP contribution is 2.23. The molecule has 1 fully saturated rings. The van der Waals surface area contributed by atoms with Crippen molar-refractivity contribution >= 4 is 29.7 Å². The number of likely N-dealkylation sites (N-methyl/N-ethyl adjacent to an activating group) is 1. The second-order valence-corrected chi connectivity index (χ2v) is 10.3. The number of amides is 2. The number of rotatable bonds is 13. The van der Waals surface area contributed by atoms with E-state index < -0.39 is 12.3 Å². The van der Waals surface area contributed by atoms with Crippen LogP contribution >= 0.6 is 11.8 Å². The Morgan fingerprint density at radius 2 is 1.84 bits per heavy atom. The molecule has 0 spiro atoms. The molecule has 0 radical (unpaired) electrons. The third-order valence-electron chi connectivity index (χ3n) is 6.29. The van der Waals surface area contributed by atoms with Crippen LogP contribution in [0.1, 0.15) is 40.7 Å². The van der Waals surface area contributed by atoms with Crippen molar-refractivity contribution in [1.82, 2.24) is 20.1 Å². The lowest BCUT2D eigenvalue weighted by atomic mass is 10.1. The van der Waals surface area contributed by atoms with Crippen molar-refractivity contribution in [3.8, 4) is 0 Å². The zero-order valence-electron chi connectivity index (χ0n) is 22.8. The molecule has 1 atom stereocenters. The summed E-state index contributed by atoms with van der Waals surface area (Å²) >= 11 is 1.55. The molecule has 2 N–H and O–H groups in total. The molecule has 6 nitrogen and oxygen atoms in total. The number of thioether (sulfide) groups is 1. The van der Waals surface area contributed by atoms with Crippen LogP contribution in [0.2, 0.25) is 0 Å². The van der Waals surface area contributed by atoms with E-state index in [0.717, 1.165) is 24.3 Å². The van der Waals surface area contributed by atoms with Gasteiger partial charge in [-0.1, -0.05) is 36.5 Å². The van der Waals surface area contributed by atoms with E-state index in [2.05, 4.69) is 21.8 Å². The van der Waals surface area contributed by atoms with Crippen LogP contribution in [0.15, 0.2) is 54.8 Å². The number of halogens is 2. The fraction of sp³-hybridized carbons (Fsp3) is 0.448. The van der Waals surface area contributed by atoms with Gasteiger partial charge in [0.15, 0.2) is 0 Å². The molecule has 1 unspecified atom stereocenters. The van der Waals surface area contributed by atoms with Crippen molar-refractivity contribution in [3.05, 3.63) is 77.3 Å². The Bertz CT molecular complexity index is 1070. The van der Waals surface area contributed by atoms with E-state index in [1.807, 2.05) is 38.8 Å². The number of aromatic nitrogens is 1. The van der Waals surface area contributed by atoms with Gasteiger partial charge in [-0.25, -0.2) is 8.78 Å². The Kier molecular flexibility index (Phi) is 13.3. The number of piperazine rings is 1. The van der Waals surface area contributed by atoms with E-state index in [1.54, 1.807) is 42.3 Å². The fourth-order valence-electron chi connectivity index (χ4n) is 4.06. The summed E-state index contributed by atoms with van der Waals surface area (Å²) in [6.45, 7) is 12.2. The Hall–Kier alpha value is -2.91. The first-order chi connectivity index (χ1) is 18.2. The minimum atomic E-state index is -2.41. The first-order valence-corrected chi connectivity index (χ1v) is 14.0. The smallest absolute Gasteiger partial charge is 0.256 e. The molecule has 0 aliphatic carbocycles. The van der Waals surface area contributed by atoms with Crippen LogP contribution in [0.25, 0.3) is 6.08 Å². The zero-order valence-corrected chi connectivity index (χ0v) is 23.6. The fourth-order valence-corrected chi connectivity index (χ4v) is 4.68. The molecule has 1 aromatic heterocycles. The number of allylic oxidation sites excluding steroid dienone is 3. The van der Waals surface area contributed by atoms with Crippen molar-refractivity contribution in [2.45, 2.75) is 33.6 Å². The highest BCUT2D eigenvalue weighted by atomic mass is 32.2. The maximum absolute atomic E-state index is 13.2. The molecule has 208 valence electrons. The number of H-pyrrole nitrogens is 1. The maximum Gasteiger partial charge on any atom is 0.256 e. The van der Waals surface area contributed by atoms with Gasteiger partial charge < -0.3 is 20.1 Å². The van der Waals surface area contributed by atoms with Gasteiger partial charge in [-0.15, -0.1) is 6.58 Å². The Morgan fingerprint density at radius 3 is 2.47 bits per heavy atom. The van der Waals surface area contributed by atoms with E-state index >= 15 is 0 Å². The molecule has 1 saturated heterocycles. The van der Waals surface area contributed by atoms with Crippen molar-refractivity contribution in [2.24, 2.45) is 5.92 Å². The molecule has 1 aromatic rings. The van der Waals surface area contributed by atoms with Crippen LogP contribution in [0.5, 0.6) is 0 Å². The third kappa shape index (κ3) is 9.44. The average Bonchev–Trinajstić information content (AvgIpc) is 3.17. The van der Waals surface area contributed by atoms with Crippen molar-refractivity contribution in [2.75, 3.05) is 44.7 Å². The summed E-state index contributed by atoms with van der Waals surface area (Å²) < 4.78 is 25.9. The van der Waals surface area contributed by atoms with Crippen molar-refractivity contribution in [3.63, 3.8) is 0 Å². The normalized spacial score (nSPS) is 16.3. The van der Waals surface area contributed by atoms with Gasteiger partial charge >= 0.3 is 0 Å². The lowest BCUT2D eigenvalue weighted by molar-refractivity contribution is -0.116. The second-order valence-electron chi connectivity index (χ2n) is 9.22. The second kappa shape index (κ2) is 16.1. The first-order valence-electron chi connectivity index (χ1n) is 12.8. The van der Waals surface area contributed by atoms with E-state index in [1.165, 1.54) is 12.2 Å². The van der Waals surface area contributed by atoms with Gasteiger partial charge in [0.2, 0.25) is 6.43 Å². The summed E-state index contributed by atoms with van der Waals surface area (Å²) in [5.41, 5.74) is 3.38. The number of hydrogen-bond donors (Lipinski definition) is 2. The molecule has 0 bridgehead atoms. The third-order valence-corrected chi connectivity index (χ3v) is 7.15. The van der Waals surface area contributed by atoms with Crippen LogP contribution in [0.3, 0.4) is 0 Å². The Balaban J connectivity index is 2.14. The summed E-state index contributed by atoms with van der Waals surface area (Å²) in [5, 5.41) is 2.74. The van der Waals surface area contributed by atoms with Gasteiger partial charge in [0, 0.05) is 60.6 Å². The highest BCUT2D eigenvalue weighted by molar-refractivity contribution is 7.99. The van der Waals surface area contributed by atoms with Crippen LogP contribution in [0.4, 0.5) is 8.78 Å². The molecule has 1 aliphatic heterocycles. The summed E-state index contributed by atoms with van der Waals surface area (Å²) in [6.07, 6.45) is 11.3. The standard InChI is InChI=1S/C29H40F2N4O2S/c1-6-10-23(27(30)31)11-8-18-38-19-9-12-24(28(36)32-13-7-2)20-25-21(3)26(22(4)33-25)29(37)35-16-14-34(5)15-17-35/h6-9,11-13,20,23,27,33H,1,10,14-19H2,2-5H3,(H,32,36)/b11-8+,12-9+,13-7+,24-20-. The van der Waals surface area contributed by atoms with E-state index in [-0.39, 0.29) is 18.2 Å². The monoisotopic (exact) mass is 546 g/mol. The molecule has 9 heteroatoms.